The normalized spacial score (nSPS) is 10.0. The number of aromatic nitrogens is 2. The summed E-state index contributed by atoms with van der Waals surface area (Å²) in [5.74, 6) is 0.327. The molecule has 0 atom stereocenters. The average molecular weight is 209 g/mol. The fourth-order valence-electron chi connectivity index (χ4n) is 0.911. The van der Waals surface area contributed by atoms with Gasteiger partial charge in [-0.25, -0.2) is 4.98 Å². The maximum absolute atomic E-state index is 11.4. The number of amides is 1. The number of thiazole rings is 1. The predicted molar refractivity (Wildman–Crippen MR) is 49.8 cm³/mol. The molecular formula is C8H7N3O2S. The number of hydrogen-bond donors (Lipinski definition) is 1. The molecule has 5 nitrogen and oxygen atoms in total. The van der Waals surface area contributed by atoms with E-state index in [-0.39, 0.29) is 5.91 Å². The molecule has 0 aromatic carbocycles. The molecule has 14 heavy (non-hydrogen) atoms. The molecule has 0 aliphatic carbocycles. The van der Waals surface area contributed by atoms with Gasteiger partial charge in [-0.2, -0.15) is 0 Å². The van der Waals surface area contributed by atoms with Crippen molar-refractivity contribution in [1.29, 1.82) is 0 Å². The molecule has 0 spiro atoms. The maximum atomic E-state index is 11.4. The lowest BCUT2D eigenvalue weighted by Crippen LogP contribution is -2.21. The molecular weight excluding hydrogens is 202 g/mol. The van der Waals surface area contributed by atoms with Crippen LogP contribution in [0.15, 0.2) is 28.6 Å². The number of rotatable bonds is 3. The Labute approximate surface area is 83.8 Å². The van der Waals surface area contributed by atoms with Gasteiger partial charge in [-0.3, -0.25) is 9.78 Å². The third kappa shape index (κ3) is 1.97. The van der Waals surface area contributed by atoms with Crippen molar-refractivity contribution in [2.24, 2.45) is 0 Å². The number of hydrogen-bond acceptors (Lipinski definition) is 5. The van der Waals surface area contributed by atoms with Crippen LogP contribution in [0.2, 0.25) is 0 Å². The molecule has 0 fully saturated rings. The summed E-state index contributed by atoms with van der Waals surface area (Å²) in [6.07, 6.45) is 4.53. The third-order valence-electron chi connectivity index (χ3n) is 1.54. The van der Waals surface area contributed by atoms with Crippen molar-refractivity contribution < 1.29 is 9.21 Å². The predicted octanol–water partition coefficient (Wildman–Crippen LogP) is 1.06. The van der Waals surface area contributed by atoms with Gasteiger partial charge < -0.3 is 9.73 Å². The van der Waals surface area contributed by atoms with Gasteiger partial charge in [0.1, 0.15) is 11.1 Å². The van der Waals surface area contributed by atoms with E-state index in [4.69, 9.17) is 4.42 Å². The Balaban J connectivity index is 1.90. The van der Waals surface area contributed by atoms with Crippen LogP contribution in [0.5, 0.6) is 0 Å². The van der Waals surface area contributed by atoms with Crippen molar-refractivity contribution in [2.45, 2.75) is 6.54 Å². The molecule has 2 heterocycles. The summed E-state index contributed by atoms with van der Waals surface area (Å²) in [5, 5.41) is 2.66. The second-order valence-electron chi connectivity index (χ2n) is 2.47. The lowest BCUT2D eigenvalue weighted by atomic mass is 10.5. The van der Waals surface area contributed by atoms with E-state index in [9.17, 15) is 4.79 Å². The maximum Gasteiger partial charge on any atom is 0.263 e. The number of carbonyl (C=O) groups is 1. The molecule has 2 aromatic heterocycles. The summed E-state index contributed by atoms with van der Waals surface area (Å²) >= 11 is 1.29. The highest BCUT2D eigenvalue weighted by Crippen LogP contribution is 2.05. The third-order valence-corrected chi connectivity index (χ3v) is 2.31. The van der Waals surface area contributed by atoms with Gasteiger partial charge in [0.05, 0.1) is 24.4 Å². The van der Waals surface area contributed by atoms with Crippen LogP contribution in [0.25, 0.3) is 0 Å². The summed E-state index contributed by atoms with van der Waals surface area (Å²) in [5.41, 5.74) is 1.61. The van der Waals surface area contributed by atoms with Crippen LogP contribution in [0.1, 0.15) is 15.6 Å². The molecule has 0 aliphatic heterocycles. The second-order valence-corrected chi connectivity index (χ2v) is 3.36. The van der Waals surface area contributed by atoms with Gasteiger partial charge >= 0.3 is 0 Å². The van der Waals surface area contributed by atoms with Crippen LogP contribution in [-0.4, -0.2) is 15.9 Å². The summed E-state index contributed by atoms with van der Waals surface area (Å²) in [7, 11) is 0. The molecule has 2 rings (SSSR count). The van der Waals surface area contributed by atoms with E-state index in [2.05, 4.69) is 15.3 Å². The number of nitrogens with one attached hydrogen (secondary N) is 1. The van der Waals surface area contributed by atoms with Crippen LogP contribution < -0.4 is 5.32 Å². The molecule has 2 aromatic rings. The minimum atomic E-state index is -0.161. The van der Waals surface area contributed by atoms with Gasteiger partial charge in [-0.05, 0) is 0 Å². The summed E-state index contributed by atoms with van der Waals surface area (Å²) in [4.78, 5) is 19.7. The van der Waals surface area contributed by atoms with Crippen LogP contribution in [-0.2, 0) is 6.54 Å². The fourth-order valence-corrected chi connectivity index (χ4v) is 1.45. The number of nitrogens with zero attached hydrogens (tertiary/aromatic N) is 2. The van der Waals surface area contributed by atoms with E-state index in [0.717, 1.165) is 0 Å². The second kappa shape index (κ2) is 4.01. The van der Waals surface area contributed by atoms with Gasteiger partial charge in [0.25, 0.3) is 5.91 Å². The standard InChI is InChI=1S/C8H7N3O2S/c12-8(6-3-9-5-14-6)11-4-7-10-1-2-13-7/h1-3,5H,4H2,(H,11,12). The summed E-state index contributed by atoms with van der Waals surface area (Å²) in [6.45, 7) is 0.295. The van der Waals surface area contributed by atoms with Crippen molar-refractivity contribution >= 4 is 17.2 Å². The first-order valence-electron chi connectivity index (χ1n) is 3.91. The highest BCUT2D eigenvalue weighted by atomic mass is 32.1. The molecule has 0 radical (unpaired) electrons. The molecule has 72 valence electrons. The van der Waals surface area contributed by atoms with Gasteiger partial charge in [0.2, 0.25) is 5.89 Å². The van der Waals surface area contributed by atoms with E-state index in [0.29, 0.717) is 17.3 Å². The average Bonchev–Trinajstić information content (AvgIpc) is 2.87. The molecule has 0 aliphatic rings. The van der Waals surface area contributed by atoms with Crippen molar-refractivity contribution in [1.82, 2.24) is 15.3 Å². The van der Waals surface area contributed by atoms with Crippen LogP contribution in [0.4, 0.5) is 0 Å². The Bertz CT molecular complexity index is 396. The van der Waals surface area contributed by atoms with E-state index in [1.54, 1.807) is 5.51 Å². The van der Waals surface area contributed by atoms with E-state index in [1.807, 2.05) is 0 Å². The molecule has 0 bridgehead atoms. The van der Waals surface area contributed by atoms with Gasteiger partial charge in [0.15, 0.2) is 0 Å². The largest absolute Gasteiger partial charge is 0.447 e. The van der Waals surface area contributed by atoms with Crippen LogP contribution in [0, 0.1) is 0 Å². The Hall–Kier alpha value is -1.69. The summed E-state index contributed by atoms with van der Waals surface area (Å²) < 4.78 is 4.96. The Morgan fingerprint density at radius 3 is 3.21 bits per heavy atom. The highest BCUT2D eigenvalue weighted by molar-refractivity contribution is 7.11. The smallest absolute Gasteiger partial charge is 0.263 e. The first kappa shape index (κ1) is 8.89. The zero-order valence-corrected chi connectivity index (χ0v) is 7.95. The van der Waals surface area contributed by atoms with Crippen LogP contribution in [0.3, 0.4) is 0 Å². The SMILES string of the molecule is O=C(NCc1ncco1)c1cncs1. The van der Waals surface area contributed by atoms with Crippen LogP contribution >= 0.6 is 11.3 Å². The first-order valence-corrected chi connectivity index (χ1v) is 4.79. The van der Waals surface area contributed by atoms with Crippen molar-refractivity contribution in [3.8, 4) is 0 Å². The lowest BCUT2D eigenvalue weighted by molar-refractivity contribution is 0.0951. The highest BCUT2D eigenvalue weighted by Gasteiger charge is 2.07. The Kier molecular flexibility index (Phi) is 2.55. The fraction of sp³-hybridized carbons (Fsp3) is 0.125. The molecule has 0 saturated heterocycles. The monoisotopic (exact) mass is 209 g/mol. The number of oxazole rings is 1. The van der Waals surface area contributed by atoms with Gasteiger partial charge in [-0.1, -0.05) is 0 Å². The molecule has 1 N–H and O–H groups in total. The number of carbonyl (C=O) groups excluding carboxylic acids is 1. The zero-order valence-electron chi connectivity index (χ0n) is 7.14. The van der Waals surface area contributed by atoms with Gasteiger partial charge in [-0.15, -0.1) is 11.3 Å². The van der Waals surface area contributed by atoms with Crippen molar-refractivity contribution in [3.05, 3.63) is 34.9 Å². The van der Waals surface area contributed by atoms with Crippen molar-refractivity contribution in [3.63, 3.8) is 0 Å². The molecule has 1 amide bonds. The van der Waals surface area contributed by atoms with E-state index < -0.39 is 0 Å². The quantitative estimate of drug-likeness (QED) is 0.820. The minimum absolute atomic E-state index is 0.161. The van der Waals surface area contributed by atoms with Crippen molar-refractivity contribution in [2.75, 3.05) is 0 Å². The van der Waals surface area contributed by atoms with E-state index in [1.165, 1.54) is 30.0 Å². The Morgan fingerprint density at radius 2 is 2.57 bits per heavy atom. The minimum Gasteiger partial charge on any atom is -0.447 e. The lowest BCUT2D eigenvalue weighted by Gasteiger charge is -1.98. The Morgan fingerprint density at radius 1 is 1.64 bits per heavy atom. The molecule has 0 saturated carbocycles. The van der Waals surface area contributed by atoms with E-state index >= 15 is 0 Å². The zero-order chi connectivity index (χ0) is 9.80. The molecule has 0 unspecified atom stereocenters. The topological polar surface area (TPSA) is 68.0 Å². The van der Waals surface area contributed by atoms with Gasteiger partial charge in [0, 0.05) is 0 Å². The first-order chi connectivity index (χ1) is 6.86. The molecule has 6 heteroatoms. The summed E-state index contributed by atoms with van der Waals surface area (Å²) in [6, 6.07) is 0.